The van der Waals surface area contributed by atoms with E-state index in [1.165, 1.54) is 31.2 Å². The van der Waals surface area contributed by atoms with Crippen LogP contribution in [0, 0.1) is 0 Å². The van der Waals surface area contributed by atoms with Crippen molar-refractivity contribution in [3.8, 4) is 0 Å². The Labute approximate surface area is 137 Å². The van der Waals surface area contributed by atoms with Crippen LogP contribution in [-0.2, 0) is 6.54 Å². The molecular weight excluding hydrogens is 303 g/mol. The highest BCUT2D eigenvalue weighted by molar-refractivity contribution is 6.35. The van der Waals surface area contributed by atoms with E-state index in [9.17, 15) is 0 Å². The fourth-order valence-corrected chi connectivity index (χ4v) is 3.21. The molecule has 1 aromatic carbocycles. The van der Waals surface area contributed by atoms with Crippen LogP contribution in [0.25, 0.3) is 0 Å². The number of unbranched alkanes of at least 4 members (excludes halogenated alkanes) is 3. The van der Waals surface area contributed by atoms with Crippen molar-refractivity contribution < 1.29 is 0 Å². The Kier molecular flexibility index (Phi) is 6.59. The molecule has 0 N–H and O–H groups in total. The molecule has 114 valence electrons. The van der Waals surface area contributed by atoms with Crippen LogP contribution >= 0.6 is 23.2 Å². The topological polar surface area (TPSA) is 17.8 Å². The lowest BCUT2D eigenvalue weighted by molar-refractivity contribution is 0.492. The smallest absolute Gasteiger partial charge is 0.0946 e. The number of imidazole rings is 1. The molecule has 0 radical (unpaired) electrons. The molecule has 2 nitrogen and oxygen atoms in total. The molecule has 0 saturated heterocycles. The summed E-state index contributed by atoms with van der Waals surface area (Å²) in [5, 5.41) is 1.46. The molecule has 1 heterocycles. The van der Waals surface area contributed by atoms with Crippen molar-refractivity contribution in [3.05, 3.63) is 52.5 Å². The van der Waals surface area contributed by atoms with Crippen LogP contribution in [0.15, 0.2) is 36.9 Å². The van der Waals surface area contributed by atoms with Gasteiger partial charge in [0.15, 0.2) is 0 Å². The van der Waals surface area contributed by atoms with E-state index in [1.54, 1.807) is 0 Å². The van der Waals surface area contributed by atoms with Crippen LogP contribution in [0.3, 0.4) is 0 Å². The minimum atomic E-state index is 0.404. The molecule has 0 saturated carbocycles. The second kappa shape index (κ2) is 8.45. The van der Waals surface area contributed by atoms with Crippen molar-refractivity contribution in [1.82, 2.24) is 9.55 Å². The maximum absolute atomic E-state index is 6.40. The Hall–Kier alpha value is -0.990. The number of halogens is 2. The Bertz CT molecular complexity index is 538. The van der Waals surface area contributed by atoms with E-state index in [-0.39, 0.29) is 0 Å². The van der Waals surface area contributed by atoms with E-state index in [2.05, 4.69) is 22.5 Å². The summed E-state index contributed by atoms with van der Waals surface area (Å²) in [5.74, 6) is 0.404. The maximum atomic E-state index is 6.40. The van der Waals surface area contributed by atoms with Gasteiger partial charge in [-0.15, -0.1) is 0 Å². The van der Waals surface area contributed by atoms with E-state index >= 15 is 0 Å². The third kappa shape index (κ3) is 5.05. The number of benzene rings is 1. The number of aromatic nitrogens is 2. The molecule has 0 bridgehead atoms. The van der Waals surface area contributed by atoms with Crippen LogP contribution in [0.2, 0.25) is 10.0 Å². The molecule has 0 aliphatic rings. The Balaban J connectivity index is 2.10. The third-order valence-electron chi connectivity index (χ3n) is 3.80. The summed E-state index contributed by atoms with van der Waals surface area (Å²) in [5.41, 5.74) is 1.19. The van der Waals surface area contributed by atoms with Gasteiger partial charge < -0.3 is 4.57 Å². The number of hydrogen-bond acceptors (Lipinski definition) is 1. The minimum absolute atomic E-state index is 0.404. The van der Waals surface area contributed by atoms with Gasteiger partial charge in [0.2, 0.25) is 0 Å². The van der Waals surface area contributed by atoms with Crippen molar-refractivity contribution in [3.63, 3.8) is 0 Å². The number of rotatable bonds is 8. The number of nitrogens with zero attached hydrogens (tertiary/aromatic N) is 2. The molecular formula is C17H22Cl2N2. The molecule has 21 heavy (non-hydrogen) atoms. The molecule has 0 amide bonds. The molecule has 1 unspecified atom stereocenters. The summed E-state index contributed by atoms with van der Waals surface area (Å²) in [4.78, 5) is 4.12. The van der Waals surface area contributed by atoms with Gasteiger partial charge in [0, 0.05) is 34.9 Å². The third-order valence-corrected chi connectivity index (χ3v) is 4.36. The summed E-state index contributed by atoms with van der Waals surface area (Å²) in [6.07, 6.45) is 11.9. The van der Waals surface area contributed by atoms with Gasteiger partial charge >= 0.3 is 0 Å². The summed E-state index contributed by atoms with van der Waals surface area (Å²) in [6, 6.07) is 5.83. The predicted octanol–water partition coefficient (Wildman–Crippen LogP) is 5.94. The van der Waals surface area contributed by atoms with Crippen molar-refractivity contribution in [1.29, 1.82) is 0 Å². The molecule has 0 aliphatic carbocycles. The van der Waals surface area contributed by atoms with E-state index in [0.717, 1.165) is 18.0 Å². The first-order valence-electron chi connectivity index (χ1n) is 7.61. The van der Waals surface area contributed by atoms with Crippen LogP contribution in [0.5, 0.6) is 0 Å². The second-order valence-electron chi connectivity index (χ2n) is 5.47. The normalized spacial score (nSPS) is 12.5. The first-order valence-corrected chi connectivity index (χ1v) is 8.37. The molecule has 0 spiro atoms. The molecule has 1 aromatic heterocycles. The standard InChI is InChI=1S/C17H22Cl2N2/c1-2-3-4-5-6-14(12-21-10-9-20-13-21)16-8-7-15(18)11-17(16)19/h7-11,13-14H,2-6,12H2,1H3. The van der Waals surface area contributed by atoms with Crippen molar-refractivity contribution in [2.24, 2.45) is 0 Å². The highest BCUT2D eigenvalue weighted by Gasteiger charge is 2.15. The zero-order valence-corrected chi connectivity index (χ0v) is 13.9. The Morgan fingerprint density at radius 3 is 2.71 bits per heavy atom. The van der Waals surface area contributed by atoms with Gasteiger partial charge in [0.1, 0.15) is 0 Å². The summed E-state index contributed by atoms with van der Waals surface area (Å²) in [7, 11) is 0. The second-order valence-corrected chi connectivity index (χ2v) is 6.32. The van der Waals surface area contributed by atoms with Crippen LogP contribution in [0.1, 0.15) is 50.5 Å². The highest BCUT2D eigenvalue weighted by atomic mass is 35.5. The van der Waals surface area contributed by atoms with E-state index < -0.39 is 0 Å². The molecule has 2 rings (SSSR count). The Morgan fingerprint density at radius 2 is 2.05 bits per heavy atom. The minimum Gasteiger partial charge on any atom is -0.337 e. The van der Waals surface area contributed by atoms with Gasteiger partial charge in [-0.05, 0) is 24.1 Å². The molecule has 0 aliphatic heterocycles. The predicted molar refractivity (Wildman–Crippen MR) is 90.2 cm³/mol. The molecule has 1 atom stereocenters. The van der Waals surface area contributed by atoms with Crippen molar-refractivity contribution >= 4 is 23.2 Å². The average Bonchev–Trinajstić information content (AvgIpc) is 2.95. The first kappa shape index (κ1) is 16.4. The van der Waals surface area contributed by atoms with Gasteiger partial charge in [-0.25, -0.2) is 4.98 Å². The lowest BCUT2D eigenvalue weighted by Crippen LogP contribution is -2.09. The lowest BCUT2D eigenvalue weighted by Gasteiger charge is -2.19. The van der Waals surface area contributed by atoms with Gasteiger partial charge in [-0.2, -0.15) is 0 Å². The van der Waals surface area contributed by atoms with Crippen LogP contribution < -0.4 is 0 Å². The van der Waals surface area contributed by atoms with Crippen LogP contribution in [0.4, 0.5) is 0 Å². The van der Waals surface area contributed by atoms with Gasteiger partial charge in [-0.3, -0.25) is 0 Å². The van der Waals surface area contributed by atoms with Gasteiger partial charge in [-0.1, -0.05) is 61.9 Å². The highest BCUT2D eigenvalue weighted by Crippen LogP contribution is 2.32. The lowest BCUT2D eigenvalue weighted by atomic mass is 9.92. The molecule has 4 heteroatoms. The number of hydrogen-bond donors (Lipinski definition) is 0. The summed E-state index contributed by atoms with van der Waals surface area (Å²) >= 11 is 12.4. The van der Waals surface area contributed by atoms with E-state index in [1.807, 2.05) is 30.9 Å². The van der Waals surface area contributed by atoms with E-state index in [4.69, 9.17) is 23.2 Å². The SMILES string of the molecule is CCCCCCC(Cn1ccnc1)c1ccc(Cl)cc1Cl. The molecule has 0 fully saturated rings. The summed E-state index contributed by atoms with van der Waals surface area (Å²) in [6.45, 7) is 3.15. The molecule has 2 aromatic rings. The van der Waals surface area contributed by atoms with Crippen molar-refractivity contribution in [2.75, 3.05) is 0 Å². The zero-order valence-electron chi connectivity index (χ0n) is 12.4. The monoisotopic (exact) mass is 324 g/mol. The fourth-order valence-electron chi connectivity index (χ4n) is 2.64. The maximum Gasteiger partial charge on any atom is 0.0946 e. The zero-order chi connectivity index (χ0) is 15.1. The van der Waals surface area contributed by atoms with E-state index in [0.29, 0.717) is 10.9 Å². The Morgan fingerprint density at radius 1 is 1.19 bits per heavy atom. The largest absolute Gasteiger partial charge is 0.337 e. The quantitative estimate of drug-likeness (QED) is 0.549. The van der Waals surface area contributed by atoms with Gasteiger partial charge in [0.25, 0.3) is 0 Å². The fraction of sp³-hybridized carbons (Fsp3) is 0.471. The van der Waals surface area contributed by atoms with Crippen molar-refractivity contribution in [2.45, 2.75) is 51.5 Å². The first-order chi connectivity index (χ1) is 10.2. The average molecular weight is 325 g/mol. The van der Waals surface area contributed by atoms with Crippen LogP contribution in [-0.4, -0.2) is 9.55 Å². The summed E-state index contributed by atoms with van der Waals surface area (Å²) < 4.78 is 2.12. The van der Waals surface area contributed by atoms with Gasteiger partial charge in [0.05, 0.1) is 6.33 Å².